The van der Waals surface area contributed by atoms with Crippen LogP contribution >= 0.6 is 0 Å². The first kappa shape index (κ1) is 12.0. The summed E-state index contributed by atoms with van der Waals surface area (Å²) in [5, 5.41) is 3.54. The number of terminal acetylenes is 1. The lowest BCUT2D eigenvalue weighted by atomic mass is 10.0. The molecule has 2 nitrogen and oxygen atoms in total. The maximum Gasteiger partial charge on any atom is 0.0592 e. The Balaban J connectivity index is 1.98. The van der Waals surface area contributed by atoms with Gasteiger partial charge in [0.1, 0.15) is 0 Å². The molecule has 0 bridgehead atoms. The lowest BCUT2D eigenvalue weighted by Gasteiger charge is -2.30. The van der Waals surface area contributed by atoms with E-state index in [0.717, 1.165) is 37.1 Å². The molecule has 0 saturated carbocycles. The molecule has 1 aromatic carbocycles. The van der Waals surface area contributed by atoms with E-state index in [9.17, 15) is 0 Å². The average Bonchev–Trinajstić information content (AvgIpc) is 2.39. The topological polar surface area (TPSA) is 21.3 Å². The lowest BCUT2D eigenvalue weighted by Crippen LogP contribution is -2.33. The van der Waals surface area contributed by atoms with Gasteiger partial charge < -0.3 is 10.1 Å². The Bertz CT molecular complexity index is 408. The van der Waals surface area contributed by atoms with Gasteiger partial charge in [-0.25, -0.2) is 0 Å². The third-order valence-corrected chi connectivity index (χ3v) is 3.22. The van der Waals surface area contributed by atoms with Crippen LogP contribution in [0.2, 0.25) is 0 Å². The van der Waals surface area contributed by atoms with Crippen molar-refractivity contribution in [1.29, 1.82) is 0 Å². The summed E-state index contributed by atoms with van der Waals surface area (Å²) in [4.78, 5) is 0. The van der Waals surface area contributed by atoms with Gasteiger partial charge in [0, 0.05) is 23.9 Å². The fourth-order valence-electron chi connectivity index (χ4n) is 2.23. The van der Waals surface area contributed by atoms with Gasteiger partial charge in [-0.2, -0.15) is 0 Å². The van der Waals surface area contributed by atoms with Gasteiger partial charge in [0.2, 0.25) is 0 Å². The molecule has 2 heteroatoms. The fourth-order valence-corrected chi connectivity index (χ4v) is 2.23. The van der Waals surface area contributed by atoms with Crippen molar-refractivity contribution < 1.29 is 4.74 Å². The number of anilines is 1. The van der Waals surface area contributed by atoms with Crippen LogP contribution in [0.3, 0.4) is 0 Å². The SMILES string of the molecule is C#Cc1cccc(NC2CCOC(CC)C2)c1. The molecule has 1 aliphatic rings. The summed E-state index contributed by atoms with van der Waals surface area (Å²) in [6.45, 7) is 3.02. The first-order valence-corrected chi connectivity index (χ1v) is 6.26. The Hall–Kier alpha value is -1.46. The standard InChI is InChI=1S/C15H19NO/c1-3-12-6-5-7-13(10-12)16-14-8-9-17-15(4-2)11-14/h1,5-7,10,14-16H,4,8-9,11H2,2H3. The van der Waals surface area contributed by atoms with Crippen LogP contribution in [0.4, 0.5) is 5.69 Å². The predicted octanol–water partition coefficient (Wildman–Crippen LogP) is 3.04. The van der Waals surface area contributed by atoms with Crippen LogP contribution in [0, 0.1) is 12.3 Å². The lowest BCUT2D eigenvalue weighted by molar-refractivity contribution is 0.00926. The maximum absolute atomic E-state index is 5.67. The molecule has 0 radical (unpaired) electrons. The molecule has 1 heterocycles. The Morgan fingerprint density at radius 3 is 3.18 bits per heavy atom. The summed E-state index contributed by atoms with van der Waals surface area (Å²) in [7, 11) is 0. The average molecular weight is 229 g/mol. The van der Waals surface area contributed by atoms with Gasteiger partial charge in [-0.1, -0.05) is 18.9 Å². The van der Waals surface area contributed by atoms with Crippen molar-refractivity contribution in [3.63, 3.8) is 0 Å². The number of hydrogen-bond donors (Lipinski definition) is 1. The normalized spacial score (nSPS) is 24.0. The molecule has 0 aromatic heterocycles. The van der Waals surface area contributed by atoms with Gasteiger partial charge in [-0.15, -0.1) is 6.42 Å². The molecule has 0 aliphatic carbocycles. The summed E-state index contributed by atoms with van der Waals surface area (Å²) in [6, 6.07) is 8.54. The van der Waals surface area contributed by atoms with Crippen molar-refractivity contribution in [2.45, 2.75) is 38.3 Å². The van der Waals surface area contributed by atoms with Crippen molar-refractivity contribution >= 4 is 5.69 Å². The Labute approximate surface area is 103 Å². The van der Waals surface area contributed by atoms with E-state index in [2.05, 4.69) is 24.2 Å². The predicted molar refractivity (Wildman–Crippen MR) is 71.1 cm³/mol. The maximum atomic E-state index is 5.67. The van der Waals surface area contributed by atoms with Crippen molar-refractivity contribution in [3.8, 4) is 12.3 Å². The second-order valence-corrected chi connectivity index (χ2v) is 4.49. The van der Waals surface area contributed by atoms with E-state index < -0.39 is 0 Å². The number of benzene rings is 1. The third kappa shape index (κ3) is 3.25. The van der Waals surface area contributed by atoms with Gasteiger partial charge in [0.15, 0.2) is 0 Å². The van der Waals surface area contributed by atoms with E-state index >= 15 is 0 Å². The quantitative estimate of drug-likeness (QED) is 0.804. The number of nitrogens with one attached hydrogen (secondary N) is 1. The molecule has 1 fully saturated rings. The van der Waals surface area contributed by atoms with Gasteiger partial charge >= 0.3 is 0 Å². The molecule has 1 aliphatic heterocycles. The minimum Gasteiger partial charge on any atom is -0.382 e. The van der Waals surface area contributed by atoms with Gasteiger partial charge in [-0.3, -0.25) is 0 Å². The number of hydrogen-bond acceptors (Lipinski definition) is 2. The molecular formula is C15H19NO. The van der Waals surface area contributed by atoms with Crippen molar-refractivity contribution in [1.82, 2.24) is 0 Å². The zero-order valence-corrected chi connectivity index (χ0v) is 10.3. The second kappa shape index (κ2) is 5.75. The van der Waals surface area contributed by atoms with E-state index in [1.54, 1.807) is 0 Å². The van der Waals surface area contributed by atoms with Crippen LogP contribution in [0.15, 0.2) is 24.3 Å². The first-order valence-electron chi connectivity index (χ1n) is 6.26. The highest BCUT2D eigenvalue weighted by Gasteiger charge is 2.20. The molecule has 0 amide bonds. The molecule has 2 rings (SSSR count). The van der Waals surface area contributed by atoms with Crippen LogP contribution < -0.4 is 5.32 Å². The van der Waals surface area contributed by atoms with Crippen LogP contribution in [-0.4, -0.2) is 18.8 Å². The molecule has 1 saturated heterocycles. The highest BCUT2D eigenvalue weighted by molar-refractivity contribution is 5.50. The highest BCUT2D eigenvalue weighted by atomic mass is 16.5. The smallest absolute Gasteiger partial charge is 0.0592 e. The Kier molecular flexibility index (Phi) is 4.06. The molecule has 0 spiro atoms. The molecule has 2 atom stereocenters. The van der Waals surface area contributed by atoms with Gasteiger partial charge in [0.25, 0.3) is 0 Å². The third-order valence-electron chi connectivity index (χ3n) is 3.22. The zero-order valence-electron chi connectivity index (χ0n) is 10.3. The van der Waals surface area contributed by atoms with E-state index in [1.165, 1.54) is 0 Å². The largest absolute Gasteiger partial charge is 0.382 e. The van der Waals surface area contributed by atoms with Crippen LogP contribution in [0.1, 0.15) is 31.7 Å². The van der Waals surface area contributed by atoms with E-state index in [4.69, 9.17) is 11.2 Å². The van der Waals surface area contributed by atoms with E-state index in [0.29, 0.717) is 12.1 Å². The van der Waals surface area contributed by atoms with Crippen LogP contribution in [-0.2, 0) is 4.74 Å². The van der Waals surface area contributed by atoms with Crippen LogP contribution in [0.5, 0.6) is 0 Å². The fraction of sp³-hybridized carbons (Fsp3) is 0.467. The highest BCUT2D eigenvalue weighted by Crippen LogP contribution is 2.20. The Morgan fingerprint density at radius 2 is 2.41 bits per heavy atom. The van der Waals surface area contributed by atoms with Crippen molar-refractivity contribution in [2.75, 3.05) is 11.9 Å². The molecule has 17 heavy (non-hydrogen) atoms. The van der Waals surface area contributed by atoms with Crippen molar-refractivity contribution in [2.24, 2.45) is 0 Å². The summed E-state index contributed by atoms with van der Waals surface area (Å²) in [6.07, 6.45) is 9.03. The van der Waals surface area contributed by atoms with Crippen LogP contribution in [0.25, 0.3) is 0 Å². The summed E-state index contributed by atoms with van der Waals surface area (Å²) >= 11 is 0. The van der Waals surface area contributed by atoms with Gasteiger partial charge in [-0.05, 0) is 37.5 Å². The second-order valence-electron chi connectivity index (χ2n) is 4.49. The molecule has 90 valence electrons. The molecular weight excluding hydrogens is 210 g/mol. The molecule has 2 unspecified atom stereocenters. The molecule has 1 aromatic rings. The number of ether oxygens (including phenoxy) is 1. The van der Waals surface area contributed by atoms with E-state index in [1.807, 2.05) is 18.2 Å². The summed E-state index contributed by atoms with van der Waals surface area (Å²) in [5.41, 5.74) is 2.04. The minimum atomic E-state index is 0.400. The number of rotatable bonds is 3. The van der Waals surface area contributed by atoms with Gasteiger partial charge in [0.05, 0.1) is 6.10 Å². The summed E-state index contributed by atoms with van der Waals surface area (Å²) in [5.74, 6) is 2.66. The van der Waals surface area contributed by atoms with E-state index in [-0.39, 0.29) is 0 Å². The monoisotopic (exact) mass is 229 g/mol. The molecule has 1 N–H and O–H groups in total. The zero-order chi connectivity index (χ0) is 12.1. The summed E-state index contributed by atoms with van der Waals surface area (Å²) < 4.78 is 5.67. The Morgan fingerprint density at radius 1 is 1.53 bits per heavy atom. The minimum absolute atomic E-state index is 0.400. The first-order chi connectivity index (χ1) is 8.31. The van der Waals surface area contributed by atoms with Crippen molar-refractivity contribution in [3.05, 3.63) is 29.8 Å².